The molecule has 9 nitrogen and oxygen atoms in total. The Kier molecular flexibility index (Phi) is 12.2. The molecule has 4 aromatic carbocycles. The number of amides is 1. The van der Waals surface area contributed by atoms with Crippen molar-refractivity contribution < 1.29 is 32.9 Å². The first-order valence-electron chi connectivity index (χ1n) is 15.5. The van der Waals surface area contributed by atoms with Crippen LogP contribution in [0, 0.1) is 6.92 Å². The molecule has 1 heterocycles. The second kappa shape index (κ2) is 16.5. The second-order valence-corrected chi connectivity index (χ2v) is 14.3. The molecule has 248 valence electrons. The zero-order valence-corrected chi connectivity index (χ0v) is 27.8. The summed E-state index contributed by atoms with van der Waals surface area (Å²) >= 11 is 1.60. The summed E-state index contributed by atoms with van der Waals surface area (Å²) in [6, 6.07) is 29.4. The first-order chi connectivity index (χ1) is 22.7. The maximum absolute atomic E-state index is 13.7. The number of thioether (sulfide) groups is 1. The van der Waals surface area contributed by atoms with Crippen LogP contribution in [0.2, 0.25) is 0 Å². The largest absolute Gasteiger partial charge is 0.396 e. The highest BCUT2D eigenvalue weighted by Gasteiger charge is 2.33. The van der Waals surface area contributed by atoms with E-state index in [2.05, 4.69) is 10.0 Å². The Balaban J connectivity index is 1.35. The highest BCUT2D eigenvalue weighted by Crippen LogP contribution is 2.39. The molecule has 4 atom stereocenters. The molecule has 1 amide bonds. The van der Waals surface area contributed by atoms with Gasteiger partial charge in [-0.25, -0.2) is 8.42 Å². The van der Waals surface area contributed by atoms with Crippen molar-refractivity contribution in [2.24, 2.45) is 0 Å². The molecule has 5 rings (SSSR count). The summed E-state index contributed by atoms with van der Waals surface area (Å²) < 4.78 is 42.0. The minimum atomic E-state index is -3.99. The van der Waals surface area contributed by atoms with Crippen molar-refractivity contribution in [2.75, 3.05) is 23.4 Å². The Hall–Kier alpha value is -3.55. The van der Waals surface area contributed by atoms with E-state index in [1.807, 2.05) is 67.6 Å². The Morgan fingerprint density at radius 3 is 2.34 bits per heavy atom. The van der Waals surface area contributed by atoms with Gasteiger partial charge in [-0.05, 0) is 54.3 Å². The number of benzene rings is 4. The molecular weight excluding hydrogens is 637 g/mol. The number of carbonyl (C=O) groups excluding carboxylic acids is 1. The third-order valence-corrected chi connectivity index (χ3v) is 10.4. The third-order valence-electron chi connectivity index (χ3n) is 7.81. The van der Waals surface area contributed by atoms with E-state index < -0.39 is 28.3 Å². The van der Waals surface area contributed by atoms with Gasteiger partial charge in [0.25, 0.3) is 0 Å². The first-order valence-corrected chi connectivity index (χ1v) is 18.1. The molecule has 1 saturated heterocycles. The first kappa shape index (κ1) is 34.8. The van der Waals surface area contributed by atoms with E-state index in [4.69, 9.17) is 9.47 Å². The summed E-state index contributed by atoms with van der Waals surface area (Å²) in [5, 5.41) is 21.6. The van der Waals surface area contributed by atoms with Crippen LogP contribution in [0.5, 0.6) is 0 Å². The molecule has 0 aliphatic carbocycles. The van der Waals surface area contributed by atoms with Crippen LogP contribution in [0.25, 0.3) is 0 Å². The summed E-state index contributed by atoms with van der Waals surface area (Å²) in [7, 11) is -3.99. The van der Waals surface area contributed by atoms with Gasteiger partial charge < -0.3 is 25.0 Å². The fraction of sp³-hybridized carbons (Fsp3) is 0.306. The van der Waals surface area contributed by atoms with Gasteiger partial charge in [-0.1, -0.05) is 84.4 Å². The Morgan fingerprint density at radius 2 is 1.64 bits per heavy atom. The average molecular weight is 677 g/mol. The Bertz CT molecular complexity index is 1700. The third kappa shape index (κ3) is 9.74. The molecule has 1 unspecified atom stereocenters. The van der Waals surface area contributed by atoms with E-state index in [-0.39, 0.29) is 36.7 Å². The van der Waals surface area contributed by atoms with Crippen molar-refractivity contribution in [3.8, 4) is 0 Å². The number of ether oxygens (including phenoxy) is 2. The van der Waals surface area contributed by atoms with Crippen LogP contribution in [0.4, 0.5) is 5.69 Å². The van der Waals surface area contributed by atoms with Gasteiger partial charge >= 0.3 is 0 Å². The molecule has 0 spiro atoms. The van der Waals surface area contributed by atoms with Gasteiger partial charge in [0.05, 0.1) is 30.3 Å². The van der Waals surface area contributed by atoms with E-state index in [1.54, 1.807) is 42.1 Å². The van der Waals surface area contributed by atoms with Gasteiger partial charge in [-0.3, -0.25) is 4.79 Å². The minimum absolute atomic E-state index is 0.0456. The van der Waals surface area contributed by atoms with Crippen molar-refractivity contribution in [1.82, 2.24) is 4.72 Å². The molecule has 0 bridgehead atoms. The number of aliphatic hydroxyl groups excluding tert-OH is 2. The van der Waals surface area contributed by atoms with E-state index >= 15 is 0 Å². The molecule has 1 fully saturated rings. The average Bonchev–Trinajstić information content (AvgIpc) is 3.09. The van der Waals surface area contributed by atoms with Gasteiger partial charge in [-0.2, -0.15) is 16.5 Å². The fourth-order valence-corrected chi connectivity index (χ4v) is 7.27. The van der Waals surface area contributed by atoms with Gasteiger partial charge in [-0.15, -0.1) is 0 Å². The number of anilines is 1. The number of sulfonamides is 1. The van der Waals surface area contributed by atoms with Crippen LogP contribution in [-0.2, 0) is 37.3 Å². The Morgan fingerprint density at radius 1 is 0.894 bits per heavy atom. The number of hydrogen-bond donors (Lipinski definition) is 4. The molecule has 47 heavy (non-hydrogen) atoms. The predicted molar refractivity (Wildman–Crippen MR) is 183 cm³/mol. The second-order valence-electron chi connectivity index (χ2n) is 11.4. The maximum Gasteiger partial charge on any atom is 0.242 e. The number of rotatable bonds is 14. The summed E-state index contributed by atoms with van der Waals surface area (Å²) in [6.07, 6.45) is -0.395. The SMILES string of the molecule is Cc1ccc(S(=O)(=O)N[C@H](Cc2ccccc2)C(=O)Nc2cccc(C3O[C@H](CSCCO)C[C@H](c4ccc(CO)cc4)O3)c2)cc1. The lowest BCUT2D eigenvalue weighted by Crippen LogP contribution is -2.45. The number of aliphatic hydroxyl groups is 2. The van der Waals surface area contributed by atoms with E-state index in [0.29, 0.717) is 29.2 Å². The Labute approximate surface area is 280 Å². The van der Waals surface area contributed by atoms with Gasteiger partial charge in [0.1, 0.15) is 6.04 Å². The van der Waals surface area contributed by atoms with Gasteiger partial charge in [0, 0.05) is 29.2 Å². The maximum atomic E-state index is 13.7. The van der Waals surface area contributed by atoms with Crippen LogP contribution in [-0.4, -0.2) is 54.8 Å². The van der Waals surface area contributed by atoms with Crippen molar-refractivity contribution in [3.63, 3.8) is 0 Å². The zero-order chi connectivity index (χ0) is 33.2. The molecule has 1 aliphatic heterocycles. The van der Waals surface area contributed by atoms with Crippen LogP contribution < -0.4 is 10.0 Å². The van der Waals surface area contributed by atoms with Gasteiger partial charge in [0.15, 0.2) is 6.29 Å². The summed E-state index contributed by atoms with van der Waals surface area (Å²) in [5.74, 6) is 0.762. The van der Waals surface area contributed by atoms with E-state index in [9.17, 15) is 23.4 Å². The molecule has 1 aliphatic rings. The van der Waals surface area contributed by atoms with Crippen LogP contribution >= 0.6 is 11.8 Å². The molecular formula is C36H40N2O7S2. The smallest absolute Gasteiger partial charge is 0.242 e. The van der Waals surface area contributed by atoms with Crippen molar-refractivity contribution in [3.05, 3.63) is 131 Å². The molecule has 0 aromatic heterocycles. The monoisotopic (exact) mass is 676 g/mol. The van der Waals surface area contributed by atoms with E-state index in [0.717, 1.165) is 22.3 Å². The van der Waals surface area contributed by atoms with E-state index in [1.165, 1.54) is 12.1 Å². The molecule has 4 aromatic rings. The highest BCUT2D eigenvalue weighted by atomic mass is 32.2. The normalized spacial score (nSPS) is 18.8. The molecule has 11 heteroatoms. The predicted octanol–water partition coefficient (Wildman–Crippen LogP) is 5.29. The van der Waals surface area contributed by atoms with Crippen molar-refractivity contribution in [2.45, 2.75) is 55.8 Å². The van der Waals surface area contributed by atoms with Crippen molar-refractivity contribution in [1.29, 1.82) is 0 Å². The number of nitrogens with one attached hydrogen (secondary N) is 2. The molecule has 0 radical (unpaired) electrons. The zero-order valence-electron chi connectivity index (χ0n) is 26.1. The molecule has 0 saturated carbocycles. The highest BCUT2D eigenvalue weighted by molar-refractivity contribution is 7.99. The number of aryl methyl sites for hydroxylation is 1. The number of hydrogen-bond acceptors (Lipinski definition) is 8. The minimum Gasteiger partial charge on any atom is -0.396 e. The van der Waals surface area contributed by atoms with Gasteiger partial charge in [0.2, 0.25) is 15.9 Å². The fourth-order valence-electron chi connectivity index (χ4n) is 5.30. The van der Waals surface area contributed by atoms with Crippen LogP contribution in [0.1, 0.15) is 46.6 Å². The quantitative estimate of drug-likeness (QED) is 0.133. The topological polar surface area (TPSA) is 134 Å². The standard InChI is InChI=1S/C36H40N2O7S2/c1-25-10-16-32(17-11-25)47(42,43)38-33(20-26-6-3-2-4-7-26)35(41)37-30-9-5-8-29(21-30)36-44-31(24-46-19-18-39)22-34(45-36)28-14-12-27(23-40)13-15-28/h2-17,21,31,33-34,36,38-40H,18-20,22-24H2,1H3,(H,37,41)/t31-,33+,34+,36?/m0/s1. The number of carbonyl (C=O) groups is 1. The van der Waals surface area contributed by atoms with Crippen LogP contribution in [0.15, 0.2) is 108 Å². The molecule has 4 N–H and O–H groups in total. The lowest BCUT2D eigenvalue weighted by atomic mass is 10.0. The van der Waals surface area contributed by atoms with Crippen LogP contribution in [0.3, 0.4) is 0 Å². The lowest BCUT2D eigenvalue weighted by Gasteiger charge is -2.36. The summed E-state index contributed by atoms with van der Waals surface area (Å²) in [6.45, 7) is 1.91. The lowest BCUT2D eigenvalue weighted by molar-refractivity contribution is -0.245. The van der Waals surface area contributed by atoms with Crippen molar-refractivity contribution >= 4 is 33.4 Å². The summed E-state index contributed by atoms with van der Waals surface area (Å²) in [5.41, 5.74) is 4.66. The summed E-state index contributed by atoms with van der Waals surface area (Å²) in [4.78, 5) is 13.8.